The molecule has 2 aromatic carbocycles. The molecular weight excluding hydrogens is 498 g/mol. The topological polar surface area (TPSA) is 131 Å². The molecule has 4 aromatic rings. The van der Waals surface area contributed by atoms with E-state index in [0.717, 1.165) is 11.3 Å². The highest BCUT2D eigenvalue weighted by molar-refractivity contribution is 7.23. The van der Waals surface area contributed by atoms with E-state index in [0.29, 0.717) is 21.7 Å². The van der Waals surface area contributed by atoms with Crippen LogP contribution in [0.3, 0.4) is 0 Å². The molecule has 0 fully saturated rings. The Morgan fingerprint density at radius 2 is 1.89 bits per heavy atom. The Balaban J connectivity index is 1.61. The van der Waals surface area contributed by atoms with Crippen molar-refractivity contribution in [3.63, 3.8) is 0 Å². The number of nitrogens with two attached hydrogens (primary N) is 1. The zero-order chi connectivity index (χ0) is 25.1. The average Bonchev–Trinajstić information content (AvgIpc) is 3.47. The van der Waals surface area contributed by atoms with Crippen molar-refractivity contribution in [2.24, 2.45) is 0 Å². The summed E-state index contributed by atoms with van der Waals surface area (Å²) in [4.78, 5) is 33.1. The van der Waals surface area contributed by atoms with Crippen molar-refractivity contribution < 1.29 is 23.1 Å². The van der Waals surface area contributed by atoms with E-state index >= 15 is 0 Å². The van der Waals surface area contributed by atoms with Gasteiger partial charge in [-0.25, -0.2) is 23.5 Å². The van der Waals surface area contributed by atoms with E-state index < -0.39 is 23.6 Å². The summed E-state index contributed by atoms with van der Waals surface area (Å²) in [7, 11) is 2.93. The van der Waals surface area contributed by atoms with E-state index in [4.69, 9.17) is 10.5 Å². The number of rotatable bonds is 6. The highest BCUT2D eigenvalue weighted by atomic mass is 32.1. The summed E-state index contributed by atoms with van der Waals surface area (Å²) in [6, 6.07) is 7.73. The van der Waals surface area contributed by atoms with Gasteiger partial charge in [0.05, 0.1) is 18.5 Å². The van der Waals surface area contributed by atoms with Crippen LogP contribution in [0.4, 0.5) is 30.2 Å². The quantitative estimate of drug-likeness (QED) is 0.291. The van der Waals surface area contributed by atoms with Gasteiger partial charge in [-0.3, -0.25) is 10.1 Å². The SMILES string of the molecule is CNC(=O)Nc1nc(N)c(-c2nc(-c3cc(NC(=O)c4cccc(OC)c4)c(F)cc3F)cs2)s1. The molecule has 180 valence electrons. The normalized spacial score (nSPS) is 10.6. The van der Waals surface area contributed by atoms with Gasteiger partial charge in [0, 0.05) is 29.6 Å². The third kappa shape index (κ3) is 5.20. The molecule has 0 saturated carbocycles. The number of aromatic nitrogens is 2. The van der Waals surface area contributed by atoms with Gasteiger partial charge in [0.1, 0.15) is 33.1 Å². The predicted octanol–water partition coefficient (Wildman–Crippen LogP) is 4.81. The van der Waals surface area contributed by atoms with Crippen LogP contribution in [-0.4, -0.2) is 36.1 Å². The Morgan fingerprint density at radius 3 is 2.63 bits per heavy atom. The van der Waals surface area contributed by atoms with Gasteiger partial charge in [-0.1, -0.05) is 17.4 Å². The number of nitrogens with one attached hydrogen (secondary N) is 3. The smallest absolute Gasteiger partial charge is 0.320 e. The Morgan fingerprint density at radius 1 is 1.09 bits per heavy atom. The standard InChI is InChI=1S/C22H18F2N6O3S2/c1-26-21(32)30-22-29-18(25)17(35-22)20-28-16(9-34-20)12-7-15(14(24)8-13(12)23)27-19(31)10-4-3-5-11(6-10)33-2/h3-9H,25H2,1-2H3,(H,27,31)(H2,26,29,30,32). The minimum Gasteiger partial charge on any atom is -0.497 e. The molecule has 0 bridgehead atoms. The zero-order valence-electron chi connectivity index (χ0n) is 18.3. The number of amides is 3. The fraction of sp³-hybridized carbons (Fsp3) is 0.0909. The number of carbonyl (C=O) groups is 2. The minimum atomic E-state index is -0.936. The van der Waals surface area contributed by atoms with E-state index in [-0.39, 0.29) is 33.5 Å². The number of benzene rings is 2. The van der Waals surface area contributed by atoms with Crippen LogP contribution in [0.25, 0.3) is 21.1 Å². The van der Waals surface area contributed by atoms with Crippen molar-refractivity contribution in [2.45, 2.75) is 0 Å². The molecule has 2 heterocycles. The molecule has 5 N–H and O–H groups in total. The Hall–Kier alpha value is -4.10. The molecule has 0 unspecified atom stereocenters. The second kappa shape index (κ2) is 10.0. The molecular formula is C22H18F2N6O3S2. The van der Waals surface area contributed by atoms with Crippen molar-refractivity contribution in [1.82, 2.24) is 15.3 Å². The third-order valence-electron chi connectivity index (χ3n) is 4.71. The van der Waals surface area contributed by atoms with Gasteiger partial charge in [-0.2, -0.15) is 0 Å². The van der Waals surface area contributed by atoms with Crippen LogP contribution < -0.4 is 26.4 Å². The van der Waals surface area contributed by atoms with Gasteiger partial charge in [-0.05, 0) is 24.3 Å². The number of methoxy groups -OCH3 is 1. The Kier molecular flexibility index (Phi) is 6.89. The molecule has 9 nitrogen and oxygen atoms in total. The maximum atomic E-state index is 14.7. The van der Waals surface area contributed by atoms with Crippen molar-refractivity contribution >= 4 is 51.2 Å². The molecule has 0 radical (unpaired) electrons. The van der Waals surface area contributed by atoms with Gasteiger partial charge in [-0.15, -0.1) is 11.3 Å². The third-order valence-corrected chi connectivity index (χ3v) is 6.69. The number of hydrogen-bond acceptors (Lipinski definition) is 8. The highest BCUT2D eigenvalue weighted by Crippen LogP contribution is 2.39. The molecule has 0 aliphatic rings. The van der Waals surface area contributed by atoms with Gasteiger partial charge in [0.2, 0.25) is 0 Å². The molecule has 0 spiro atoms. The number of halogens is 2. The van der Waals surface area contributed by atoms with Crippen LogP contribution >= 0.6 is 22.7 Å². The van der Waals surface area contributed by atoms with E-state index in [1.54, 1.807) is 23.6 Å². The molecule has 35 heavy (non-hydrogen) atoms. The molecule has 4 rings (SSSR count). The zero-order valence-corrected chi connectivity index (χ0v) is 19.9. The summed E-state index contributed by atoms with van der Waals surface area (Å²) >= 11 is 2.28. The van der Waals surface area contributed by atoms with E-state index in [1.165, 1.54) is 37.6 Å². The Bertz CT molecular complexity index is 1420. The lowest BCUT2D eigenvalue weighted by Gasteiger charge is -2.10. The number of nitrogen functional groups attached to an aromatic ring is 1. The van der Waals surface area contributed by atoms with Crippen LogP contribution in [-0.2, 0) is 0 Å². The summed E-state index contributed by atoms with van der Waals surface area (Å²) in [5, 5.41) is 9.67. The van der Waals surface area contributed by atoms with Crippen LogP contribution in [0.1, 0.15) is 10.4 Å². The summed E-state index contributed by atoms with van der Waals surface area (Å²) in [5.41, 5.74) is 6.19. The molecule has 2 aromatic heterocycles. The Labute approximate surface area is 206 Å². The predicted molar refractivity (Wildman–Crippen MR) is 132 cm³/mol. The highest BCUT2D eigenvalue weighted by Gasteiger charge is 2.20. The lowest BCUT2D eigenvalue weighted by molar-refractivity contribution is 0.102. The summed E-state index contributed by atoms with van der Waals surface area (Å²) < 4.78 is 34.2. The van der Waals surface area contributed by atoms with Crippen molar-refractivity contribution in [2.75, 3.05) is 30.5 Å². The fourth-order valence-electron chi connectivity index (χ4n) is 3.00. The number of nitrogens with zero attached hydrogens (tertiary/aromatic N) is 2. The average molecular weight is 517 g/mol. The van der Waals surface area contributed by atoms with Crippen molar-refractivity contribution in [1.29, 1.82) is 0 Å². The first-order chi connectivity index (χ1) is 16.8. The molecule has 0 saturated heterocycles. The monoisotopic (exact) mass is 516 g/mol. The lowest BCUT2D eigenvalue weighted by Crippen LogP contribution is -2.24. The first-order valence-electron chi connectivity index (χ1n) is 9.94. The number of urea groups is 1. The number of anilines is 3. The fourth-order valence-corrected chi connectivity index (χ4v) is 4.80. The maximum Gasteiger partial charge on any atom is 0.320 e. The van der Waals surface area contributed by atoms with Crippen molar-refractivity contribution in [3.05, 3.63) is 59.0 Å². The van der Waals surface area contributed by atoms with Crippen LogP contribution in [0, 0.1) is 11.6 Å². The summed E-state index contributed by atoms with van der Waals surface area (Å²) in [6.45, 7) is 0. The van der Waals surface area contributed by atoms with Gasteiger partial charge in [0.15, 0.2) is 5.13 Å². The molecule has 0 aliphatic heterocycles. The van der Waals surface area contributed by atoms with E-state index in [2.05, 4.69) is 25.9 Å². The first-order valence-corrected chi connectivity index (χ1v) is 11.6. The van der Waals surface area contributed by atoms with Crippen molar-refractivity contribution in [3.8, 4) is 26.9 Å². The minimum absolute atomic E-state index is 0.0124. The van der Waals surface area contributed by atoms with E-state index in [1.807, 2.05) is 0 Å². The largest absolute Gasteiger partial charge is 0.497 e. The lowest BCUT2D eigenvalue weighted by atomic mass is 10.1. The van der Waals surface area contributed by atoms with Gasteiger partial charge >= 0.3 is 6.03 Å². The molecule has 0 atom stereocenters. The summed E-state index contributed by atoms with van der Waals surface area (Å²) in [5.74, 6) is -1.77. The molecule has 13 heteroatoms. The van der Waals surface area contributed by atoms with Crippen LogP contribution in [0.15, 0.2) is 41.8 Å². The molecule has 3 amide bonds. The maximum absolute atomic E-state index is 14.7. The number of carbonyl (C=O) groups excluding carboxylic acids is 2. The second-order valence-electron chi connectivity index (χ2n) is 6.97. The van der Waals surface area contributed by atoms with E-state index in [9.17, 15) is 18.4 Å². The summed E-state index contributed by atoms with van der Waals surface area (Å²) in [6.07, 6.45) is 0. The molecule has 0 aliphatic carbocycles. The number of hydrogen-bond donors (Lipinski definition) is 4. The number of thiazole rings is 2. The van der Waals surface area contributed by atoms with Gasteiger partial charge in [0.25, 0.3) is 5.91 Å². The van der Waals surface area contributed by atoms with Gasteiger partial charge < -0.3 is 21.1 Å². The van der Waals surface area contributed by atoms with Crippen LogP contribution in [0.2, 0.25) is 0 Å². The number of ether oxygens (including phenoxy) is 1. The first kappa shape index (κ1) is 24.0. The second-order valence-corrected chi connectivity index (χ2v) is 8.83. The van der Waals surface area contributed by atoms with Crippen LogP contribution in [0.5, 0.6) is 5.75 Å².